The summed E-state index contributed by atoms with van der Waals surface area (Å²) in [5, 5.41) is 30.4. The van der Waals surface area contributed by atoms with E-state index in [-0.39, 0.29) is 24.6 Å². The summed E-state index contributed by atoms with van der Waals surface area (Å²) in [4.78, 5) is 11.7. The van der Waals surface area contributed by atoms with Gasteiger partial charge in [0.2, 0.25) is 0 Å². The van der Waals surface area contributed by atoms with E-state index in [9.17, 15) is 20.1 Å². The molecular weight excluding hydrogens is 464 g/mol. The fraction of sp³-hybridized carbons (Fsp3) is 0.821. The zero-order valence-corrected chi connectivity index (χ0v) is 22.0. The highest BCUT2D eigenvalue weighted by Gasteiger charge is 2.48. The molecule has 1 saturated carbocycles. The molecule has 4 rings (SSSR count). The van der Waals surface area contributed by atoms with Crippen molar-refractivity contribution in [1.29, 1.82) is 0 Å². The van der Waals surface area contributed by atoms with Crippen molar-refractivity contribution in [1.82, 2.24) is 0 Å². The zero-order valence-electron chi connectivity index (χ0n) is 22.0. The first-order valence-electron chi connectivity index (χ1n) is 13.6. The third-order valence-electron chi connectivity index (χ3n) is 8.85. The molecule has 0 unspecified atom stereocenters. The van der Waals surface area contributed by atoms with Crippen LogP contribution in [0.1, 0.15) is 66.2 Å². The fourth-order valence-corrected chi connectivity index (χ4v) is 6.63. The van der Waals surface area contributed by atoms with E-state index in [4.69, 9.17) is 18.9 Å². The molecule has 2 aliphatic carbocycles. The first kappa shape index (κ1) is 27.7. The largest absolute Gasteiger partial charge is 0.458 e. The summed E-state index contributed by atoms with van der Waals surface area (Å²) < 4.78 is 23.0. The van der Waals surface area contributed by atoms with E-state index < -0.39 is 37.0 Å². The molecule has 0 aromatic heterocycles. The molecular formula is C28H44O8. The van der Waals surface area contributed by atoms with Gasteiger partial charge >= 0.3 is 5.97 Å². The molecule has 0 aromatic carbocycles. The maximum atomic E-state index is 11.7. The summed E-state index contributed by atoms with van der Waals surface area (Å²) in [5.41, 5.74) is 2.51. The Morgan fingerprint density at radius 1 is 1.14 bits per heavy atom. The smallest absolute Gasteiger partial charge is 0.303 e. The molecule has 2 saturated heterocycles. The maximum Gasteiger partial charge on any atom is 0.303 e. The molecule has 0 spiro atoms. The lowest BCUT2D eigenvalue weighted by Crippen LogP contribution is -2.58. The first-order valence-corrected chi connectivity index (χ1v) is 13.6. The van der Waals surface area contributed by atoms with Crippen molar-refractivity contribution in [2.45, 2.75) is 109 Å². The van der Waals surface area contributed by atoms with Crippen LogP contribution in [0.5, 0.6) is 0 Å². The summed E-state index contributed by atoms with van der Waals surface area (Å²) in [6.07, 6.45) is 1.88. The number of allylic oxidation sites excluding steroid dienone is 2. The summed E-state index contributed by atoms with van der Waals surface area (Å²) >= 11 is 0. The van der Waals surface area contributed by atoms with Crippen LogP contribution in [-0.2, 0) is 23.7 Å². The maximum absolute atomic E-state index is 11.7. The number of hydrogen-bond acceptors (Lipinski definition) is 8. The van der Waals surface area contributed by atoms with E-state index in [1.165, 1.54) is 12.5 Å². The normalized spacial score (nSPS) is 42.5. The van der Waals surface area contributed by atoms with Crippen molar-refractivity contribution in [3.63, 3.8) is 0 Å². The van der Waals surface area contributed by atoms with Crippen molar-refractivity contribution in [2.75, 3.05) is 6.61 Å². The quantitative estimate of drug-likeness (QED) is 0.355. The molecule has 36 heavy (non-hydrogen) atoms. The van der Waals surface area contributed by atoms with Gasteiger partial charge in [0, 0.05) is 12.8 Å². The van der Waals surface area contributed by atoms with Crippen LogP contribution in [0.2, 0.25) is 0 Å². The third-order valence-corrected chi connectivity index (χ3v) is 8.85. The Labute approximate surface area is 214 Å². The number of aliphatic hydroxyl groups excluding tert-OH is 3. The molecule has 12 atom stereocenters. The number of carbonyl (C=O) groups is 1. The van der Waals surface area contributed by atoms with Crippen molar-refractivity contribution in [3.05, 3.63) is 23.8 Å². The van der Waals surface area contributed by atoms with E-state index in [2.05, 4.69) is 33.4 Å². The van der Waals surface area contributed by atoms with Crippen LogP contribution in [0.3, 0.4) is 0 Å². The number of esters is 1. The molecule has 2 bridgehead atoms. The minimum Gasteiger partial charge on any atom is -0.458 e. The molecule has 8 heteroatoms. The van der Waals surface area contributed by atoms with E-state index in [1.54, 1.807) is 0 Å². The number of fused-ring (bicyclic) bond motifs is 3. The van der Waals surface area contributed by atoms with Gasteiger partial charge in [0.05, 0.1) is 6.61 Å². The summed E-state index contributed by atoms with van der Waals surface area (Å²) in [7, 11) is 0. The average Bonchev–Trinajstić information content (AvgIpc) is 3.05. The number of aliphatic hydroxyl groups is 3. The molecule has 2 aliphatic heterocycles. The second-order valence-electron chi connectivity index (χ2n) is 11.5. The first-order chi connectivity index (χ1) is 17.1. The number of carbonyl (C=O) groups excluding carboxylic acids is 1. The van der Waals surface area contributed by atoms with Crippen molar-refractivity contribution in [2.24, 2.45) is 29.6 Å². The number of ether oxygens (including phenoxy) is 4. The van der Waals surface area contributed by atoms with Crippen LogP contribution in [0, 0.1) is 29.6 Å². The predicted molar refractivity (Wildman–Crippen MR) is 132 cm³/mol. The van der Waals surface area contributed by atoms with Crippen molar-refractivity contribution in [3.8, 4) is 0 Å². The Bertz CT molecular complexity index is 824. The standard InChI is InChI=1S/C28H44O8/c1-14-9-10-19-17(4)22(34-18(5)29)12-20(21(19)11-14)15(2)7-6-8-16(3)27-33-13-23-24(30)25(31)26(32)28(35-23)36-27/h11,15-16,19-28,30-32H,4,6-10,12-13H2,1-3,5H3/t15-,16-,19+,20+,21-,22-,23-,24-,25+,26-,27+,28+/m1/s1. The van der Waals surface area contributed by atoms with Crippen LogP contribution in [0.4, 0.5) is 0 Å². The lowest BCUT2D eigenvalue weighted by atomic mass is 9.60. The Morgan fingerprint density at radius 2 is 1.86 bits per heavy atom. The van der Waals surface area contributed by atoms with Crippen LogP contribution in [0.25, 0.3) is 0 Å². The highest BCUT2D eigenvalue weighted by molar-refractivity contribution is 5.66. The molecule has 0 aromatic rings. The van der Waals surface area contributed by atoms with Crippen molar-refractivity contribution >= 4 is 5.97 Å². The predicted octanol–water partition coefficient (Wildman–Crippen LogP) is 3.09. The van der Waals surface area contributed by atoms with E-state index in [0.717, 1.165) is 44.1 Å². The van der Waals surface area contributed by atoms with Gasteiger partial charge in [-0.3, -0.25) is 4.79 Å². The molecule has 0 amide bonds. The molecule has 3 N–H and O–H groups in total. The minimum absolute atomic E-state index is 0.0473. The van der Waals surface area contributed by atoms with E-state index in [0.29, 0.717) is 23.7 Å². The Balaban J connectivity index is 1.34. The second kappa shape index (κ2) is 11.6. The molecule has 4 aliphatic rings. The Morgan fingerprint density at radius 3 is 2.58 bits per heavy atom. The minimum atomic E-state index is -1.32. The molecule has 3 fully saturated rings. The average molecular weight is 509 g/mol. The van der Waals surface area contributed by atoms with Gasteiger partial charge in [-0.1, -0.05) is 44.9 Å². The van der Waals surface area contributed by atoms with Gasteiger partial charge in [-0.15, -0.1) is 0 Å². The summed E-state index contributed by atoms with van der Waals surface area (Å²) in [6.45, 7) is 12.5. The van der Waals surface area contributed by atoms with Gasteiger partial charge in [0.15, 0.2) is 12.6 Å². The van der Waals surface area contributed by atoms with Gasteiger partial charge in [-0.2, -0.15) is 0 Å². The van der Waals surface area contributed by atoms with Gasteiger partial charge in [-0.25, -0.2) is 0 Å². The van der Waals surface area contributed by atoms with Gasteiger partial charge in [-0.05, 0) is 61.9 Å². The third kappa shape index (κ3) is 5.89. The molecule has 2 heterocycles. The van der Waals surface area contributed by atoms with Crippen LogP contribution < -0.4 is 0 Å². The SMILES string of the molecule is C=C1[C@H](OC(C)=O)C[C@@H]([C@H](C)CCC[C@@H](C)[C@H]2OC[C@H]3O[C@@H](O2)[C@H](O)[C@@H](O)[C@@H]3O)[C@@H]2C=C(C)CC[C@@H]12. The number of rotatable bonds is 7. The fourth-order valence-electron chi connectivity index (χ4n) is 6.63. The zero-order chi connectivity index (χ0) is 26.1. The van der Waals surface area contributed by atoms with Gasteiger partial charge in [0.25, 0.3) is 0 Å². The second-order valence-corrected chi connectivity index (χ2v) is 11.5. The topological polar surface area (TPSA) is 115 Å². The monoisotopic (exact) mass is 508 g/mol. The van der Waals surface area contributed by atoms with Crippen LogP contribution in [0.15, 0.2) is 23.8 Å². The van der Waals surface area contributed by atoms with Gasteiger partial charge in [0.1, 0.15) is 30.5 Å². The van der Waals surface area contributed by atoms with Crippen LogP contribution >= 0.6 is 0 Å². The van der Waals surface area contributed by atoms with Crippen LogP contribution in [-0.4, -0.2) is 71.0 Å². The highest BCUT2D eigenvalue weighted by Crippen LogP contribution is 2.49. The highest BCUT2D eigenvalue weighted by atomic mass is 16.8. The molecule has 8 nitrogen and oxygen atoms in total. The summed E-state index contributed by atoms with van der Waals surface area (Å²) in [6, 6.07) is 0. The van der Waals surface area contributed by atoms with E-state index >= 15 is 0 Å². The lowest BCUT2D eigenvalue weighted by Gasteiger charge is -2.46. The Hall–Kier alpha value is -1.29. The summed E-state index contributed by atoms with van der Waals surface area (Å²) in [5.74, 6) is 1.47. The number of hydrogen-bond donors (Lipinski definition) is 3. The molecule has 0 radical (unpaired) electrons. The van der Waals surface area contributed by atoms with Crippen molar-refractivity contribution < 1.29 is 39.1 Å². The lowest BCUT2D eigenvalue weighted by molar-refractivity contribution is -0.304. The van der Waals surface area contributed by atoms with Gasteiger partial charge < -0.3 is 34.3 Å². The molecule has 204 valence electrons. The van der Waals surface area contributed by atoms with E-state index in [1.807, 2.05) is 0 Å². The Kier molecular flexibility index (Phi) is 8.95.